The number of amides is 1. The molecule has 1 aromatic heterocycles. The molecule has 156 valence electrons. The lowest BCUT2D eigenvalue weighted by atomic mass is 10.00. The predicted octanol–water partition coefficient (Wildman–Crippen LogP) is 3.05. The zero-order valence-electron chi connectivity index (χ0n) is 16.7. The second-order valence-corrected chi connectivity index (χ2v) is 7.12. The van der Waals surface area contributed by atoms with E-state index >= 15 is 0 Å². The van der Waals surface area contributed by atoms with Crippen LogP contribution in [-0.4, -0.2) is 39.2 Å². The number of tetrazole rings is 1. The van der Waals surface area contributed by atoms with E-state index in [1.165, 1.54) is 18.2 Å². The molecule has 7 nitrogen and oxygen atoms in total. The number of carbonyl (C=O) groups is 1. The van der Waals surface area contributed by atoms with E-state index in [4.69, 9.17) is 11.6 Å². The van der Waals surface area contributed by atoms with Gasteiger partial charge >= 0.3 is 0 Å². The van der Waals surface area contributed by atoms with Crippen LogP contribution < -0.4 is 10.6 Å². The Bertz CT molecular complexity index is 1070. The molecule has 0 spiro atoms. The number of benzene rings is 2. The number of rotatable bonds is 8. The third-order valence-electron chi connectivity index (χ3n) is 4.73. The Hall–Kier alpha value is -3.10. The van der Waals surface area contributed by atoms with Gasteiger partial charge < -0.3 is 10.6 Å². The van der Waals surface area contributed by atoms with Crippen LogP contribution in [0.2, 0.25) is 5.02 Å². The summed E-state index contributed by atoms with van der Waals surface area (Å²) in [5.41, 5.74) is 3.12. The SMILES string of the molecule is C=CC(=O)NCCNC(c1cc(F)ccc1C)c1nnnn1-c1cccc(Cl)c1C. The molecule has 1 amide bonds. The van der Waals surface area contributed by atoms with E-state index in [0.717, 1.165) is 16.8 Å². The topological polar surface area (TPSA) is 84.7 Å². The van der Waals surface area contributed by atoms with Crippen molar-refractivity contribution in [3.8, 4) is 5.69 Å². The van der Waals surface area contributed by atoms with Crippen molar-refractivity contribution in [3.05, 3.63) is 82.4 Å². The molecule has 1 unspecified atom stereocenters. The van der Waals surface area contributed by atoms with E-state index in [1.54, 1.807) is 16.8 Å². The maximum atomic E-state index is 14.1. The molecule has 0 aliphatic heterocycles. The summed E-state index contributed by atoms with van der Waals surface area (Å²) in [5.74, 6) is -0.154. The number of aromatic nitrogens is 4. The number of carbonyl (C=O) groups excluding carboxylic acids is 1. The minimum absolute atomic E-state index is 0.269. The molecule has 2 N–H and O–H groups in total. The molecule has 9 heteroatoms. The summed E-state index contributed by atoms with van der Waals surface area (Å²) in [6.45, 7) is 7.96. The molecule has 0 fully saturated rings. The first kappa shape index (κ1) is 21.6. The van der Waals surface area contributed by atoms with Gasteiger partial charge in [0.25, 0.3) is 0 Å². The Kier molecular flexibility index (Phi) is 6.91. The molecule has 0 saturated heterocycles. The van der Waals surface area contributed by atoms with Crippen LogP contribution in [0.5, 0.6) is 0 Å². The van der Waals surface area contributed by atoms with Gasteiger partial charge in [0, 0.05) is 18.1 Å². The third kappa shape index (κ3) is 4.72. The quantitative estimate of drug-likeness (QED) is 0.425. The molecule has 0 bridgehead atoms. The van der Waals surface area contributed by atoms with Crippen LogP contribution in [-0.2, 0) is 4.79 Å². The maximum Gasteiger partial charge on any atom is 0.243 e. The summed E-state index contributed by atoms with van der Waals surface area (Å²) in [4.78, 5) is 11.4. The zero-order valence-corrected chi connectivity index (χ0v) is 17.4. The summed E-state index contributed by atoms with van der Waals surface area (Å²) in [6, 6.07) is 9.52. The first-order valence-electron chi connectivity index (χ1n) is 9.36. The highest BCUT2D eigenvalue weighted by molar-refractivity contribution is 6.31. The molecule has 3 aromatic rings. The minimum atomic E-state index is -0.519. The monoisotopic (exact) mass is 428 g/mol. The summed E-state index contributed by atoms with van der Waals surface area (Å²) < 4.78 is 15.6. The maximum absolute atomic E-state index is 14.1. The number of halogens is 2. The zero-order chi connectivity index (χ0) is 21.7. The summed E-state index contributed by atoms with van der Waals surface area (Å²) in [5, 5.41) is 18.8. The van der Waals surface area contributed by atoms with Crippen LogP contribution in [0.3, 0.4) is 0 Å². The van der Waals surface area contributed by atoms with Crippen molar-refractivity contribution in [2.75, 3.05) is 13.1 Å². The van der Waals surface area contributed by atoms with Crippen LogP contribution in [0.4, 0.5) is 4.39 Å². The number of nitrogens with zero attached hydrogens (tertiary/aromatic N) is 4. The lowest BCUT2D eigenvalue weighted by Crippen LogP contribution is -2.34. The molecule has 2 aromatic carbocycles. The van der Waals surface area contributed by atoms with Crippen molar-refractivity contribution in [1.29, 1.82) is 0 Å². The first-order chi connectivity index (χ1) is 14.4. The lowest BCUT2D eigenvalue weighted by Gasteiger charge is -2.21. The molecule has 0 aliphatic carbocycles. The largest absolute Gasteiger partial charge is 0.351 e. The molecular formula is C21H22ClFN6O. The molecule has 0 aliphatic rings. The molecule has 3 rings (SSSR count). The average molecular weight is 429 g/mol. The Morgan fingerprint density at radius 1 is 1.30 bits per heavy atom. The van der Waals surface area contributed by atoms with E-state index in [1.807, 2.05) is 26.0 Å². The summed E-state index contributed by atoms with van der Waals surface area (Å²) >= 11 is 6.28. The molecule has 0 saturated carbocycles. The van der Waals surface area contributed by atoms with Gasteiger partial charge in [0.1, 0.15) is 5.82 Å². The van der Waals surface area contributed by atoms with Crippen LogP contribution >= 0.6 is 11.6 Å². The van der Waals surface area contributed by atoms with E-state index in [-0.39, 0.29) is 11.7 Å². The van der Waals surface area contributed by atoms with E-state index < -0.39 is 6.04 Å². The van der Waals surface area contributed by atoms with Gasteiger partial charge in [-0.15, -0.1) is 5.10 Å². The van der Waals surface area contributed by atoms with Crippen LogP contribution in [0, 0.1) is 19.7 Å². The van der Waals surface area contributed by atoms with Crippen LogP contribution in [0.15, 0.2) is 49.1 Å². The van der Waals surface area contributed by atoms with Gasteiger partial charge in [-0.05, 0) is 71.3 Å². The van der Waals surface area contributed by atoms with Crippen molar-refractivity contribution < 1.29 is 9.18 Å². The number of nitrogens with one attached hydrogen (secondary N) is 2. The third-order valence-corrected chi connectivity index (χ3v) is 5.14. The van der Waals surface area contributed by atoms with Gasteiger partial charge in [-0.1, -0.05) is 30.3 Å². The fourth-order valence-corrected chi connectivity index (χ4v) is 3.28. The highest BCUT2D eigenvalue weighted by Crippen LogP contribution is 2.28. The van der Waals surface area contributed by atoms with Crippen molar-refractivity contribution in [3.63, 3.8) is 0 Å². The van der Waals surface area contributed by atoms with E-state index in [0.29, 0.717) is 29.5 Å². The first-order valence-corrected chi connectivity index (χ1v) is 9.73. The second-order valence-electron chi connectivity index (χ2n) is 6.72. The Balaban J connectivity index is 2.00. The van der Waals surface area contributed by atoms with Crippen LogP contribution in [0.1, 0.15) is 28.6 Å². The van der Waals surface area contributed by atoms with Gasteiger partial charge in [0.2, 0.25) is 5.91 Å². The van der Waals surface area contributed by atoms with E-state index in [2.05, 4.69) is 32.7 Å². The fourth-order valence-electron chi connectivity index (χ4n) is 3.11. The van der Waals surface area contributed by atoms with Gasteiger partial charge in [0.15, 0.2) is 5.82 Å². The van der Waals surface area contributed by atoms with Crippen molar-refractivity contribution in [2.24, 2.45) is 0 Å². The summed E-state index contributed by atoms with van der Waals surface area (Å²) in [6.07, 6.45) is 1.21. The van der Waals surface area contributed by atoms with Crippen molar-refractivity contribution >= 4 is 17.5 Å². The van der Waals surface area contributed by atoms with Gasteiger partial charge in [0.05, 0.1) is 11.7 Å². The lowest BCUT2D eigenvalue weighted by molar-refractivity contribution is -0.116. The van der Waals surface area contributed by atoms with Crippen molar-refractivity contribution in [1.82, 2.24) is 30.8 Å². The Morgan fingerprint density at radius 3 is 2.87 bits per heavy atom. The normalized spacial score (nSPS) is 11.9. The van der Waals surface area contributed by atoms with Gasteiger partial charge in [-0.2, -0.15) is 4.68 Å². The Morgan fingerprint density at radius 2 is 2.10 bits per heavy atom. The van der Waals surface area contributed by atoms with E-state index in [9.17, 15) is 9.18 Å². The molecule has 1 atom stereocenters. The number of aryl methyl sites for hydroxylation is 1. The number of hydrogen-bond acceptors (Lipinski definition) is 5. The summed E-state index contributed by atoms with van der Waals surface area (Å²) in [7, 11) is 0. The predicted molar refractivity (Wildman–Crippen MR) is 113 cm³/mol. The van der Waals surface area contributed by atoms with Gasteiger partial charge in [-0.3, -0.25) is 4.79 Å². The highest BCUT2D eigenvalue weighted by Gasteiger charge is 2.24. The smallest absolute Gasteiger partial charge is 0.243 e. The average Bonchev–Trinajstić information content (AvgIpc) is 3.21. The molecule has 1 heterocycles. The van der Waals surface area contributed by atoms with Gasteiger partial charge in [-0.25, -0.2) is 4.39 Å². The molecule has 30 heavy (non-hydrogen) atoms. The standard InChI is InChI=1S/C21H22ClFN6O/c1-4-19(30)24-10-11-25-20(16-12-15(23)9-8-13(16)2)21-26-27-28-29(21)18-7-5-6-17(22)14(18)3/h4-9,12,20,25H,1,10-11H2,2-3H3,(H,24,30). The minimum Gasteiger partial charge on any atom is -0.351 e. The second kappa shape index (κ2) is 9.60. The number of hydrogen-bond donors (Lipinski definition) is 2. The molecule has 0 radical (unpaired) electrons. The molecular weight excluding hydrogens is 407 g/mol. The fraction of sp³-hybridized carbons (Fsp3) is 0.238. The van der Waals surface area contributed by atoms with Crippen molar-refractivity contribution in [2.45, 2.75) is 19.9 Å². The Labute approximate surface area is 178 Å². The van der Waals surface area contributed by atoms with Crippen LogP contribution in [0.25, 0.3) is 5.69 Å². The highest BCUT2D eigenvalue weighted by atomic mass is 35.5.